The first-order valence-corrected chi connectivity index (χ1v) is 6.93. The van der Waals surface area contributed by atoms with Crippen molar-refractivity contribution in [2.24, 2.45) is 0 Å². The fraction of sp³-hybridized carbons (Fsp3) is 0.846. The molecule has 2 heterocycles. The van der Waals surface area contributed by atoms with Gasteiger partial charge in [0.05, 0.1) is 0 Å². The molecule has 3 fully saturated rings. The lowest BCUT2D eigenvalue weighted by Gasteiger charge is -2.33. The van der Waals surface area contributed by atoms with Gasteiger partial charge in [-0.25, -0.2) is 4.79 Å². The van der Waals surface area contributed by atoms with Gasteiger partial charge >= 0.3 is 5.97 Å². The van der Waals surface area contributed by atoms with Crippen LogP contribution in [0.4, 0.5) is 0 Å². The fourth-order valence-corrected chi connectivity index (χ4v) is 3.15. The Kier molecular flexibility index (Phi) is 3.76. The summed E-state index contributed by atoms with van der Waals surface area (Å²) in [4.78, 5) is 21.6. The Hall–Kier alpha value is -1.02. The van der Waals surface area contributed by atoms with E-state index >= 15 is 0 Å². The molecule has 2 aliphatic heterocycles. The molecule has 2 saturated heterocycles. The molecule has 7 heteroatoms. The van der Waals surface area contributed by atoms with Crippen LogP contribution in [0.1, 0.15) is 32.1 Å². The summed E-state index contributed by atoms with van der Waals surface area (Å²) in [5.74, 6) is -1.74. The van der Waals surface area contributed by atoms with Gasteiger partial charge < -0.3 is 28.8 Å². The van der Waals surface area contributed by atoms with Crippen molar-refractivity contribution in [1.29, 1.82) is 0 Å². The summed E-state index contributed by atoms with van der Waals surface area (Å²) < 4.78 is 22.5. The summed E-state index contributed by atoms with van der Waals surface area (Å²) in [5, 5.41) is 8.69. The van der Waals surface area contributed by atoms with Gasteiger partial charge in [-0.2, -0.15) is 0 Å². The van der Waals surface area contributed by atoms with Crippen molar-refractivity contribution >= 4 is 12.3 Å². The Labute approximate surface area is 116 Å². The molecular weight excluding hydrogens is 268 g/mol. The molecule has 7 nitrogen and oxygen atoms in total. The SMILES string of the molecule is O=C[C@H]1O[C@@H]2OC3(CCCCC3)O[C@@H]2[C@H]1OCC(=O)O. The highest BCUT2D eigenvalue weighted by atomic mass is 16.8. The molecule has 4 atom stereocenters. The van der Waals surface area contributed by atoms with E-state index in [0.29, 0.717) is 6.29 Å². The summed E-state index contributed by atoms with van der Waals surface area (Å²) >= 11 is 0. The summed E-state index contributed by atoms with van der Waals surface area (Å²) in [6.45, 7) is -0.488. The van der Waals surface area contributed by atoms with Gasteiger partial charge in [-0.3, -0.25) is 0 Å². The van der Waals surface area contributed by atoms with E-state index in [1.54, 1.807) is 0 Å². The third-order valence-corrected chi connectivity index (χ3v) is 4.04. The molecule has 0 bridgehead atoms. The van der Waals surface area contributed by atoms with E-state index in [2.05, 4.69) is 0 Å². The molecule has 1 N–H and O–H groups in total. The predicted molar refractivity (Wildman–Crippen MR) is 63.9 cm³/mol. The van der Waals surface area contributed by atoms with E-state index in [0.717, 1.165) is 32.1 Å². The second-order valence-electron chi connectivity index (χ2n) is 5.45. The minimum Gasteiger partial charge on any atom is -0.480 e. The number of hydrogen-bond donors (Lipinski definition) is 1. The zero-order chi connectivity index (χ0) is 14.2. The van der Waals surface area contributed by atoms with Gasteiger partial charge in [-0.15, -0.1) is 0 Å². The summed E-state index contributed by atoms with van der Waals surface area (Å²) in [6.07, 6.45) is 2.63. The van der Waals surface area contributed by atoms with Crippen molar-refractivity contribution in [3.63, 3.8) is 0 Å². The standard InChI is InChI=1S/C13H18O7/c14-6-8-10(17-7-9(15)16)11-12(18-8)20-13(19-11)4-2-1-3-5-13/h6,8,10-12H,1-5,7H2,(H,15,16)/t8-,10+,11-,12-/m1/s1. The predicted octanol–water partition coefficient (Wildman–Crippen LogP) is 0.456. The summed E-state index contributed by atoms with van der Waals surface area (Å²) in [7, 11) is 0. The first-order valence-electron chi connectivity index (χ1n) is 6.93. The number of fused-ring (bicyclic) bond motifs is 1. The van der Waals surface area contributed by atoms with Gasteiger partial charge in [0, 0.05) is 12.8 Å². The van der Waals surface area contributed by atoms with Crippen LogP contribution in [0.5, 0.6) is 0 Å². The molecule has 3 rings (SSSR count). The molecule has 112 valence electrons. The third-order valence-electron chi connectivity index (χ3n) is 4.04. The van der Waals surface area contributed by atoms with E-state index < -0.39 is 43.0 Å². The lowest BCUT2D eigenvalue weighted by molar-refractivity contribution is -0.245. The van der Waals surface area contributed by atoms with Crippen LogP contribution in [0, 0.1) is 0 Å². The van der Waals surface area contributed by atoms with Gasteiger partial charge in [0.25, 0.3) is 0 Å². The summed E-state index contributed by atoms with van der Waals surface area (Å²) in [5.41, 5.74) is 0. The zero-order valence-electron chi connectivity index (χ0n) is 11.0. The lowest BCUT2D eigenvalue weighted by Crippen LogP contribution is -2.41. The Bertz CT molecular complexity index is 390. The van der Waals surface area contributed by atoms with Crippen molar-refractivity contribution in [3.8, 4) is 0 Å². The van der Waals surface area contributed by atoms with Crippen molar-refractivity contribution in [2.75, 3.05) is 6.61 Å². The monoisotopic (exact) mass is 286 g/mol. The Morgan fingerprint density at radius 3 is 2.70 bits per heavy atom. The number of aliphatic carboxylic acids is 1. The molecular formula is C13H18O7. The molecule has 1 saturated carbocycles. The Balaban J connectivity index is 1.69. The highest BCUT2D eigenvalue weighted by molar-refractivity contribution is 5.68. The molecule has 1 aliphatic carbocycles. The maximum atomic E-state index is 11.0. The number of ether oxygens (including phenoxy) is 4. The van der Waals surface area contributed by atoms with Crippen molar-refractivity contribution in [2.45, 2.75) is 62.5 Å². The van der Waals surface area contributed by atoms with E-state index in [-0.39, 0.29) is 0 Å². The number of aldehydes is 1. The maximum absolute atomic E-state index is 11.0. The van der Waals surface area contributed by atoms with E-state index in [1.165, 1.54) is 0 Å². The zero-order valence-corrected chi connectivity index (χ0v) is 11.0. The first kappa shape index (κ1) is 13.9. The van der Waals surface area contributed by atoms with Crippen LogP contribution < -0.4 is 0 Å². The minimum atomic E-state index is -1.09. The molecule has 0 radical (unpaired) electrons. The van der Waals surface area contributed by atoms with Gasteiger partial charge in [0.1, 0.15) is 24.9 Å². The topological polar surface area (TPSA) is 91.3 Å². The van der Waals surface area contributed by atoms with Crippen LogP contribution in [-0.2, 0) is 28.5 Å². The highest BCUT2D eigenvalue weighted by Crippen LogP contribution is 2.45. The number of carboxylic acid groups (broad SMARTS) is 1. The van der Waals surface area contributed by atoms with Crippen LogP contribution in [0.15, 0.2) is 0 Å². The number of carbonyl (C=O) groups is 2. The third kappa shape index (κ3) is 2.46. The number of carbonyl (C=O) groups excluding carboxylic acids is 1. The normalized spacial score (nSPS) is 38.8. The van der Waals surface area contributed by atoms with Crippen LogP contribution in [0.2, 0.25) is 0 Å². The second kappa shape index (κ2) is 5.40. The minimum absolute atomic E-state index is 0.488. The average molecular weight is 286 g/mol. The molecule has 0 aromatic heterocycles. The van der Waals surface area contributed by atoms with E-state index in [1.807, 2.05) is 0 Å². The largest absolute Gasteiger partial charge is 0.480 e. The maximum Gasteiger partial charge on any atom is 0.329 e. The number of rotatable bonds is 4. The Morgan fingerprint density at radius 2 is 2.05 bits per heavy atom. The number of hydrogen-bond acceptors (Lipinski definition) is 6. The van der Waals surface area contributed by atoms with Crippen molar-refractivity contribution < 1.29 is 33.6 Å². The van der Waals surface area contributed by atoms with Gasteiger partial charge in [-0.05, 0) is 12.8 Å². The van der Waals surface area contributed by atoms with Crippen LogP contribution >= 0.6 is 0 Å². The van der Waals surface area contributed by atoms with Gasteiger partial charge in [0.15, 0.2) is 18.4 Å². The van der Waals surface area contributed by atoms with Crippen LogP contribution in [0.3, 0.4) is 0 Å². The first-order chi connectivity index (χ1) is 9.63. The highest BCUT2D eigenvalue weighted by Gasteiger charge is 2.58. The fourth-order valence-electron chi connectivity index (χ4n) is 3.15. The quantitative estimate of drug-likeness (QED) is 0.750. The molecule has 1 spiro atoms. The smallest absolute Gasteiger partial charge is 0.329 e. The lowest BCUT2D eigenvalue weighted by atomic mass is 9.94. The number of carboxylic acids is 1. The summed E-state index contributed by atoms with van der Waals surface area (Å²) in [6, 6.07) is 0. The van der Waals surface area contributed by atoms with Gasteiger partial charge in [-0.1, -0.05) is 6.42 Å². The molecule has 20 heavy (non-hydrogen) atoms. The average Bonchev–Trinajstić information content (AvgIpc) is 2.91. The van der Waals surface area contributed by atoms with E-state index in [4.69, 9.17) is 24.1 Å². The Morgan fingerprint density at radius 1 is 1.30 bits per heavy atom. The van der Waals surface area contributed by atoms with Crippen LogP contribution in [0.25, 0.3) is 0 Å². The van der Waals surface area contributed by atoms with Crippen molar-refractivity contribution in [1.82, 2.24) is 0 Å². The van der Waals surface area contributed by atoms with E-state index in [9.17, 15) is 9.59 Å². The molecule has 0 amide bonds. The van der Waals surface area contributed by atoms with Gasteiger partial charge in [0.2, 0.25) is 0 Å². The van der Waals surface area contributed by atoms with Crippen LogP contribution in [-0.4, -0.2) is 54.4 Å². The molecule has 3 aliphatic rings. The second-order valence-corrected chi connectivity index (χ2v) is 5.45. The van der Waals surface area contributed by atoms with Crippen molar-refractivity contribution in [3.05, 3.63) is 0 Å². The molecule has 0 unspecified atom stereocenters. The molecule has 0 aromatic rings. The molecule has 0 aromatic carbocycles.